The molecular formula is C13H16BrNO2. The third-order valence-corrected chi connectivity index (χ3v) is 3.33. The summed E-state index contributed by atoms with van der Waals surface area (Å²) in [7, 11) is 0. The summed E-state index contributed by atoms with van der Waals surface area (Å²) in [6.07, 6.45) is 3.56. The van der Waals surface area contributed by atoms with E-state index in [2.05, 4.69) is 21.2 Å². The number of nitrogens with one attached hydrogen (secondary N) is 1. The molecule has 1 aromatic carbocycles. The van der Waals surface area contributed by atoms with E-state index in [9.17, 15) is 4.79 Å². The Morgan fingerprint density at radius 2 is 2.18 bits per heavy atom. The van der Waals surface area contributed by atoms with Gasteiger partial charge < -0.3 is 10.1 Å². The first-order chi connectivity index (χ1) is 8.29. The lowest BCUT2D eigenvalue weighted by atomic mass is 10.0. The molecule has 0 fully saturated rings. The van der Waals surface area contributed by atoms with Gasteiger partial charge in [-0.25, -0.2) is 0 Å². The third kappa shape index (κ3) is 3.46. The molecule has 1 aliphatic heterocycles. The van der Waals surface area contributed by atoms with Crippen LogP contribution >= 0.6 is 15.9 Å². The van der Waals surface area contributed by atoms with Crippen LogP contribution in [0.1, 0.15) is 24.8 Å². The summed E-state index contributed by atoms with van der Waals surface area (Å²) < 4.78 is 5.67. The fourth-order valence-corrected chi connectivity index (χ4v) is 2.23. The van der Waals surface area contributed by atoms with Gasteiger partial charge in [-0.1, -0.05) is 15.9 Å². The predicted octanol–water partition coefficient (Wildman–Crippen LogP) is 3.13. The molecule has 0 bridgehead atoms. The summed E-state index contributed by atoms with van der Waals surface area (Å²) in [6.45, 7) is 0.747. The maximum Gasteiger partial charge on any atom is 0.224 e. The summed E-state index contributed by atoms with van der Waals surface area (Å²) in [5.74, 6) is 0.998. The molecule has 1 heterocycles. The van der Waals surface area contributed by atoms with Crippen LogP contribution in [0.2, 0.25) is 0 Å². The highest BCUT2D eigenvalue weighted by molar-refractivity contribution is 9.09. The third-order valence-electron chi connectivity index (χ3n) is 2.77. The summed E-state index contributed by atoms with van der Waals surface area (Å²) >= 11 is 3.39. The van der Waals surface area contributed by atoms with E-state index in [1.807, 2.05) is 18.2 Å². The van der Waals surface area contributed by atoms with Crippen LogP contribution in [0.3, 0.4) is 0 Å². The van der Waals surface area contributed by atoms with Crippen molar-refractivity contribution in [1.82, 2.24) is 0 Å². The van der Waals surface area contributed by atoms with Crippen molar-refractivity contribution < 1.29 is 9.53 Å². The number of rotatable bonds is 5. The molecule has 4 heteroatoms. The van der Waals surface area contributed by atoms with Crippen LogP contribution in [0, 0.1) is 0 Å². The van der Waals surface area contributed by atoms with Crippen LogP contribution in [0.5, 0.6) is 5.75 Å². The number of halogens is 1. The van der Waals surface area contributed by atoms with Crippen LogP contribution in [-0.4, -0.2) is 17.8 Å². The van der Waals surface area contributed by atoms with Gasteiger partial charge in [-0.3, -0.25) is 4.79 Å². The van der Waals surface area contributed by atoms with E-state index in [0.717, 1.165) is 42.6 Å². The molecule has 1 aliphatic rings. The molecule has 0 spiro atoms. The topological polar surface area (TPSA) is 38.3 Å². The molecule has 0 unspecified atom stereocenters. The standard InChI is InChI=1S/C13H16BrNO2/c14-7-1-2-8-17-11-4-5-12-10(9-11)3-6-13(16)15-12/h4-5,9H,1-3,6-8H2,(H,15,16). The van der Waals surface area contributed by atoms with Crippen LogP contribution in [0.15, 0.2) is 18.2 Å². The molecule has 1 amide bonds. The Labute approximate surface area is 110 Å². The van der Waals surface area contributed by atoms with E-state index >= 15 is 0 Å². The van der Waals surface area contributed by atoms with Crippen LogP contribution in [0.4, 0.5) is 5.69 Å². The van der Waals surface area contributed by atoms with Gasteiger partial charge in [0, 0.05) is 17.4 Å². The zero-order valence-electron chi connectivity index (χ0n) is 9.67. The number of benzene rings is 1. The Hall–Kier alpha value is -1.03. The van der Waals surface area contributed by atoms with E-state index in [0.29, 0.717) is 6.42 Å². The van der Waals surface area contributed by atoms with Crippen LogP contribution in [-0.2, 0) is 11.2 Å². The molecule has 17 heavy (non-hydrogen) atoms. The first-order valence-corrected chi connectivity index (χ1v) is 7.03. The molecule has 3 nitrogen and oxygen atoms in total. The molecule has 92 valence electrons. The highest BCUT2D eigenvalue weighted by atomic mass is 79.9. The second-order valence-electron chi connectivity index (χ2n) is 4.11. The molecule has 1 N–H and O–H groups in total. The molecule has 1 aromatic rings. The SMILES string of the molecule is O=C1CCc2cc(OCCCCBr)ccc2N1. The smallest absolute Gasteiger partial charge is 0.224 e. The lowest BCUT2D eigenvalue weighted by Gasteiger charge is -2.17. The average Bonchev–Trinajstić information content (AvgIpc) is 2.35. The van der Waals surface area contributed by atoms with Gasteiger partial charge >= 0.3 is 0 Å². The first kappa shape index (κ1) is 12.4. The van der Waals surface area contributed by atoms with Crippen molar-refractivity contribution in [1.29, 1.82) is 0 Å². The highest BCUT2D eigenvalue weighted by Crippen LogP contribution is 2.26. The fourth-order valence-electron chi connectivity index (χ4n) is 1.84. The first-order valence-electron chi connectivity index (χ1n) is 5.91. The number of unbranched alkanes of at least 4 members (excludes halogenated alkanes) is 1. The summed E-state index contributed by atoms with van der Waals surface area (Å²) in [5, 5.41) is 3.88. The zero-order valence-corrected chi connectivity index (χ0v) is 11.3. The van der Waals surface area contributed by atoms with Crippen LogP contribution in [0.25, 0.3) is 0 Å². The van der Waals surface area contributed by atoms with Crippen molar-refractivity contribution >= 4 is 27.5 Å². The van der Waals surface area contributed by atoms with E-state index in [1.54, 1.807) is 0 Å². The van der Waals surface area contributed by atoms with Gasteiger partial charge in [0.15, 0.2) is 0 Å². The van der Waals surface area contributed by atoms with Gasteiger partial charge in [0.2, 0.25) is 5.91 Å². The molecular weight excluding hydrogens is 282 g/mol. The number of amides is 1. The zero-order chi connectivity index (χ0) is 12.1. The number of anilines is 1. The van der Waals surface area contributed by atoms with Crippen molar-refractivity contribution in [2.75, 3.05) is 17.3 Å². The number of ether oxygens (including phenoxy) is 1. The molecule has 0 atom stereocenters. The van der Waals surface area contributed by atoms with Gasteiger partial charge in [-0.05, 0) is 43.0 Å². The fraction of sp³-hybridized carbons (Fsp3) is 0.462. The minimum atomic E-state index is 0.100. The van der Waals surface area contributed by atoms with Crippen molar-refractivity contribution in [3.8, 4) is 5.75 Å². The Bertz CT molecular complexity index is 406. The lowest BCUT2D eigenvalue weighted by Crippen LogP contribution is -2.18. The largest absolute Gasteiger partial charge is 0.494 e. The number of aryl methyl sites for hydroxylation is 1. The molecule has 0 saturated carbocycles. The van der Waals surface area contributed by atoms with Gasteiger partial charge in [0.05, 0.1) is 6.61 Å². The Morgan fingerprint density at radius 3 is 3.00 bits per heavy atom. The number of fused-ring (bicyclic) bond motifs is 1. The van der Waals surface area contributed by atoms with Gasteiger partial charge in [-0.2, -0.15) is 0 Å². The average molecular weight is 298 g/mol. The normalized spacial score (nSPS) is 14.1. The molecule has 0 aromatic heterocycles. The van der Waals surface area contributed by atoms with E-state index in [4.69, 9.17) is 4.74 Å². The minimum Gasteiger partial charge on any atom is -0.494 e. The summed E-state index contributed by atoms with van der Waals surface area (Å²) in [5.41, 5.74) is 2.09. The molecule has 0 aliphatic carbocycles. The van der Waals surface area contributed by atoms with Gasteiger partial charge in [0.25, 0.3) is 0 Å². The predicted molar refractivity (Wildman–Crippen MR) is 71.9 cm³/mol. The number of alkyl halides is 1. The van der Waals surface area contributed by atoms with Crippen molar-refractivity contribution in [3.05, 3.63) is 23.8 Å². The maximum atomic E-state index is 11.2. The number of hydrogen-bond donors (Lipinski definition) is 1. The monoisotopic (exact) mass is 297 g/mol. The molecule has 2 rings (SSSR count). The van der Waals surface area contributed by atoms with Gasteiger partial charge in [-0.15, -0.1) is 0 Å². The molecule has 0 radical (unpaired) electrons. The summed E-state index contributed by atoms with van der Waals surface area (Å²) in [4.78, 5) is 11.2. The van der Waals surface area contributed by atoms with Crippen molar-refractivity contribution in [3.63, 3.8) is 0 Å². The molecule has 0 saturated heterocycles. The Balaban J connectivity index is 1.94. The van der Waals surface area contributed by atoms with Gasteiger partial charge in [0.1, 0.15) is 5.75 Å². The number of carbonyl (C=O) groups is 1. The lowest BCUT2D eigenvalue weighted by molar-refractivity contribution is -0.116. The Kier molecular flexibility index (Phi) is 4.42. The quantitative estimate of drug-likeness (QED) is 0.670. The highest BCUT2D eigenvalue weighted by Gasteiger charge is 2.14. The maximum absolute atomic E-state index is 11.2. The van der Waals surface area contributed by atoms with Crippen molar-refractivity contribution in [2.24, 2.45) is 0 Å². The summed E-state index contributed by atoms with van der Waals surface area (Å²) in [6, 6.07) is 5.87. The second kappa shape index (κ2) is 6.05. The second-order valence-corrected chi connectivity index (χ2v) is 4.90. The van der Waals surface area contributed by atoms with Crippen molar-refractivity contribution in [2.45, 2.75) is 25.7 Å². The number of carbonyl (C=O) groups excluding carboxylic acids is 1. The van der Waals surface area contributed by atoms with E-state index < -0.39 is 0 Å². The van der Waals surface area contributed by atoms with Crippen LogP contribution < -0.4 is 10.1 Å². The van der Waals surface area contributed by atoms with E-state index in [1.165, 1.54) is 5.56 Å². The van der Waals surface area contributed by atoms with E-state index in [-0.39, 0.29) is 5.91 Å². The number of hydrogen-bond acceptors (Lipinski definition) is 2. The minimum absolute atomic E-state index is 0.100. The Morgan fingerprint density at radius 1 is 1.29 bits per heavy atom.